The summed E-state index contributed by atoms with van der Waals surface area (Å²) in [6.07, 6.45) is 1.39. The van der Waals surface area contributed by atoms with Crippen molar-refractivity contribution in [2.24, 2.45) is 0 Å². The van der Waals surface area contributed by atoms with Gasteiger partial charge in [0.2, 0.25) is 0 Å². The van der Waals surface area contributed by atoms with E-state index >= 15 is 0 Å². The van der Waals surface area contributed by atoms with E-state index < -0.39 is 10.0 Å². The van der Waals surface area contributed by atoms with Crippen LogP contribution in [0.2, 0.25) is 0 Å². The quantitative estimate of drug-likeness (QED) is 0.363. The SMILES string of the molecule is COc1cccc(NC(=S)Nc2ccc(S(=O)(=O)Nc3cnc4ccccc4n3)cc2)c1. The Morgan fingerprint density at radius 3 is 2.38 bits per heavy atom. The van der Waals surface area contributed by atoms with Gasteiger partial charge in [0.1, 0.15) is 5.75 Å². The first-order valence-electron chi connectivity index (χ1n) is 9.50. The van der Waals surface area contributed by atoms with Gasteiger partial charge >= 0.3 is 0 Å². The number of thiocarbonyl (C=S) groups is 1. The molecule has 0 saturated carbocycles. The van der Waals surface area contributed by atoms with E-state index in [9.17, 15) is 8.42 Å². The lowest BCUT2D eigenvalue weighted by Crippen LogP contribution is -2.19. The molecule has 0 atom stereocenters. The van der Waals surface area contributed by atoms with Crippen molar-refractivity contribution in [2.45, 2.75) is 4.90 Å². The van der Waals surface area contributed by atoms with Crippen LogP contribution in [0.4, 0.5) is 17.2 Å². The smallest absolute Gasteiger partial charge is 0.263 e. The maximum atomic E-state index is 12.7. The summed E-state index contributed by atoms with van der Waals surface area (Å²) in [4.78, 5) is 8.61. The fourth-order valence-electron chi connectivity index (χ4n) is 2.91. The zero-order valence-corrected chi connectivity index (χ0v) is 18.6. The number of ether oxygens (including phenoxy) is 1. The molecule has 0 radical (unpaired) electrons. The van der Waals surface area contributed by atoms with E-state index in [-0.39, 0.29) is 10.7 Å². The minimum absolute atomic E-state index is 0.0877. The van der Waals surface area contributed by atoms with Gasteiger partial charge in [-0.25, -0.2) is 13.4 Å². The van der Waals surface area contributed by atoms with Crippen molar-refractivity contribution >= 4 is 55.6 Å². The van der Waals surface area contributed by atoms with Crippen molar-refractivity contribution in [3.8, 4) is 5.75 Å². The van der Waals surface area contributed by atoms with E-state index in [0.717, 1.165) is 5.69 Å². The standard InChI is InChI=1S/C22H19N5O3S2/c1-30-17-6-4-5-16(13-17)25-22(31)24-15-9-11-18(12-10-15)32(28,29)27-21-14-23-19-7-2-3-8-20(19)26-21/h2-14H,1H3,(H,26,27)(H2,24,25,31). The largest absolute Gasteiger partial charge is 0.497 e. The first-order chi connectivity index (χ1) is 15.4. The molecule has 0 saturated heterocycles. The van der Waals surface area contributed by atoms with Gasteiger partial charge in [0.25, 0.3) is 10.0 Å². The predicted molar refractivity (Wildman–Crippen MR) is 130 cm³/mol. The maximum absolute atomic E-state index is 12.7. The van der Waals surface area contributed by atoms with Gasteiger partial charge in [-0.05, 0) is 60.7 Å². The van der Waals surface area contributed by atoms with Crippen molar-refractivity contribution in [1.82, 2.24) is 9.97 Å². The number of rotatable bonds is 6. The average molecular weight is 466 g/mol. The second kappa shape index (κ2) is 9.16. The first-order valence-corrected chi connectivity index (χ1v) is 11.4. The Kier molecular flexibility index (Phi) is 6.15. The van der Waals surface area contributed by atoms with Crippen molar-refractivity contribution in [2.75, 3.05) is 22.5 Å². The van der Waals surface area contributed by atoms with E-state index in [1.807, 2.05) is 36.4 Å². The molecule has 0 aliphatic heterocycles. The van der Waals surface area contributed by atoms with Gasteiger partial charge in [-0.1, -0.05) is 18.2 Å². The van der Waals surface area contributed by atoms with E-state index in [2.05, 4.69) is 25.3 Å². The van der Waals surface area contributed by atoms with Gasteiger partial charge in [-0.2, -0.15) is 0 Å². The molecule has 3 aromatic carbocycles. The average Bonchev–Trinajstić information content (AvgIpc) is 2.79. The molecule has 4 aromatic rings. The Hall–Kier alpha value is -3.76. The molecule has 10 heteroatoms. The van der Waals surface area contributed by atoms with Crippen LogP contribution < -0.4 is 20.1 Å². The van der Waals surface area contributed by atoms with Crippen LogP contribution in [-0.4, -0.2) is 30.6 Å². The molecule has 4 rings (SSSR count). The van der Waals surface area contributed by atoms with Crippen molar-refractivity contribution in [3.63, 3.8) is 0 Å². The van der Waals surface area contributed by atoms with Crippen LogP contribution >= 0.6 is 12.2 Å². The molecule has 0 aliphatic carbocycles. The van der Waals surface area contributed by atoms with Crippen LogP contribution in [-0.2, 0) is 10.0 Å². The summed E-state index contributed by atoms with van der Waals surface area (Å²) in [6.45, 7) is 0. The van der Waals surface area contributed by atoms with E-state index in [1.54, 1.807) is 31.4 Å². The summed E-state index contributed by atoms with van der Waals surface area (Å²) < 4.78 is 33.1. The third-order valence-electron chi connectivity index (χ3n) is 4.44. The molecule has 0 spiro atoms. The molecule has 0 fully saturated rings. The Bertz CT molecular complexity index is 1380. The molecular weight excluding hydrogens is 446 g/mol. The third-order valence-corrected chi connectivity index (χ3v) is 6.01. The number of para-hydroxylation sites is 2. The van der Waals surface area contributed by atoms with Crippen molar-refractivity contribution < 1.29 is 13.2 Å². The zero-order chi connectivity index (χ0) is 22.6. The molecule has 0 amide bonds. The minimum Gasteiger partial charge on any atom is -0.497 e. The molecule has 32 heavy (non-hydrogen) atoms. The van der Waals surface area contributed by atoms with Gasteiger partial charge in [0, 0.05) is 17.4 Å². The number of anilines is 3. The number of nitrogens with one attached hydrogen (secondary N) is 3. The number of nitrogens with zero attached hydrogens (tertiary/aromatic N) is 2. The molecule has 0 unspecified atom stereocenters. The lowest BCUT2D eigenvalue weighted by molar-refractivity contribution is 0.415. The molecule has 3 N–H and O–H groups in total. The highest BCUT2D eigenvalue weighted by Crippen LogP contribution is 2.20. The third kappa shape index (κ3) is 5.10. The summed E-state index contributed by atoms with van der Waals surface area (Å²) in [5, 5.41) is 6.43. The van der Waals surface area contributed by atoms with Crippen LogP contribution in [0.15, 0.2) is 83.9 Å². The van der Waals surface area contributed by atoms with Crippen LogP contribution in [0.1, 0.15) is 0 Å². The lowest BCUT2D eigenvalue weighted by atomic mass is 10.3. The van der Waals surface area contributed by atoms with E-state index in [4.69, 9.17) is 17.0 Å². The van der Waals surface area contributed by atoms with Gasteiger partial charge < -0.3 is 15.4 Å². The van der Waals surface area contributed by atoms with E-state index in [0.29, 0.717) is 27.6 Å². The summed E-state index contributed by atoms with van der Waals surface area (Å²) >= 11 is 5.32. The number of hydrogen-bond donors (Lipinski definition) is 3. The maximum Gasteiger partial charge on any atom is 0.263 e. The first kappa shape index (κ1) is 21.5. The Balaban J connectivity index is 1.42. The summed E-state index contributed by atoms with van der Waals surface area (Å²) in [6, 6.07) is 20.8. The molecule has 0 bridgehead atoms. The monoisotopic (exact) mass is 465 g/mol. The topological polar surface area (TPSA) is 105 Å². The summed E-state index contributed by atoms with van der Waals surface area (Å²) in [7, 11) is -2.24. The Labute approximate surface area is 190 Å². The Morgan fingerprint density at radius 2 is 1.62 bits per heavy atom. The molecule has 1 aromatic heterocycles. The molecule has 8 nitrogen and oxygen atoms in total. The highest BCUT2D eigenvalue weighted by molar-refractivity contribution is 7.92. The van der Waals surface area contributed by atoms with Crippen molar-refractivity contribution in [1.29, 1.82) is 0 Å². The van der Waals surface area contributed by atoms with Crippen molar-refractivity contribution in [3.05, 3.63) is 79.0 Å². The number of aromatic nitrogens is 2. The van der Waals surface area contributed by atoms with E-state index in [1.165, 1.54) is 18.3 Å². The number of benzene rings is 3. The zero-order valence-electron chi connectivity index (χ0n) is 16.9. The second-order valence-corrected chi connectivity index (χ2v) is 8.78. The lowest BCUT2D eigenvalue weighted by Gasteiger charge is -2.12. The van der Waals surface area contributed by atoms with Crippen LogP contribution in [0.5, 0.6) is 5.75 Å². The Morgan fingerprint density at radius 1 is 0.906 bits per heavy atom. The number of methoxy groups -OCH3 is 1. The fourth-order valence-corrected chi connectivity index (χ4v) is 4.14. The normalized spacial score (nSPS) is 11.0. The summed E-state index contributed by atoms with van der Waals surface area (Å²) in [5.74, 6) is 0.852. The molecule has 162 valence electrons. The fraction of sp³-hybridized carbons (Fsp3) is 0.0455. The number of hydrogen-bond acceptors (Lipinski definition) is 6. The minimum atomic E-state index is -3.83. The van der Waals surface area contributed by atoms with Gasteiger partial charge in [-0.3, -0.25) is 9.71 Å². The number of fused-ring (bicyclic) bond motifs is 1. The van der Waals surface area contributed by atoms with Crippen LogP contribution in [0.25, 0.3) is 11.0 Å². The second-order valence-electron chi connectivity index (χ2n) is 6.68. The van der Waals surface area contributed by atoms with Crippen LogP contribution in [0.3, 0.4) is 0 Å². The van der Waals surface area contributed by atoms with Gasteiger partial charge in [-0.15, -0.1) is 0 Å². The highest BCUT2D eigenvalue weighted by atomic mass is 32.2. The number of sulfonamides is 1. The highest BCUT2D eigenvalue weighted by Gasteiger charge is 2.15. The molecule has 0 aliphatic rings. The summed E-state index contributed by atoms with van der Waals surface area (Å²) in [5.41, 5.74) is 2.69. The predicted octanol–water partition coefficient (Wildman–Crippen LogP) is 4.25. The van der Waals surface area contributed by atoms with Gasteiger partial charge in [0.05, 0.1) is 29.2 Å². The van der Waals surface area contributed by atoms with Crippen LogP contribution in [0, 0.1) is 0 Å². The molecular formula is C22H19N5O3S2. The molecule has 1 heterocycles. The van der Waals surface area contributed by atoms with Gasteiger partial charge in [0.15, 0.2) is 10.9 Å².